The Labute approximate surface area is 336 Å². The number of hydrazine groups is 1. The number of hydrogen-bond acceptors (Lipinski definition) is 10. The third-order valence-corrected chi connectivity index (χ3v) is 9.75. The van der Waals surface area contributed by atoms with Gasteiger partial charge < -0.3 is 42.4 Å². The minimum absolute atomic E-state index is 0.00925. The van der Waals surface area contributed by atoms with Crippen LogP contribution in [0.4, 0.5) is 5.82 Å². The molecule has 16 nitrogen and oxygen atoms in total. The second-order valence-electron chi connectivity index (χ2n) is 14.0. The summed E-state index contributed by atoms with van der Waals surface area (Å²) in [4.78, 5) is 85.7. The van der Waals surface area contributed by atoms with Gasteiger partial charge in [-0.3, -0.25) is 28.8 Å². The number of benzene rings is 3. The number of rotatable bonds is 19. The summed E-state index contributed by atoms with van der Waals surface area (Å²) in [6, 6.07) is 23.3. The standard InChI is InChI=1S/C42H49N9O7/c43-38(54)32(23-27-9-3-1-4-10-27)48-40(56)33(24-28-11-5-2-6-12-28)49-41(57)35-13-8-22-51(35)42(58)34(25-29-15-18-31(52)19-16-29)47-37(53)14-7-21-45-39(55)30-17-20-36(50-44)46-26-30/h1-6,9-12,15-20,26,32-35,52H,7-8,13-14,21-25,44H2,(H2,43,54)(H,45,55)(H,46,50)(H,47,53)(H,48,56)(H,49,57)/t32-,33-,34-,35-/m0/s1. The van der Waals surface area contributed by atoms with Gasteiger partial charge in [-0.05, 0) is 60.2 Å². The van der Waals surface area contributed by atoms with Crippen molar-refractivity contribution in [2.75, 3.05) is 18.5 Å². The molecule has 0 spiro atoms. The van der Waals surface area contributed by atoms with Crippen LogP contribution < -0.4 is 38.3 Å². The lowest BCUT2D eigenvalue weighted by Crippen LogP contribution is -2.58. The Morgan fingerprint density at radius 1 is 0.759 bits per heavy atom. The molecule has 3 aromatic carbocycles. The molecule has 1 aliphatic heterocycles. The van der Waals surface area contributed by atoms with Crippen LogP contribution in [0.15, 0.2) is 103 Å². The molecule has 0 bridgehead atoms. The topological polar surface area (TPSA) is 251 Å². The maximum absolute atomic E-state index is 14.3. The highest BCUT2D eigenvalue weighted by Crippen LogP contribution is 2.21. The first kappa shape index (κ1) is 42.3. The molecule has 304 valence electrons. The van der Waals surface area contributed by atoms with Crippen molar-refractivity contribution < 1.29 is 33.9 Å². The van der Waals surface area contributed by atoms with Crippen molar-refractivity contribution in [1.82, 2.24) is 31.2 Å². The van der Waals surface area contributed by atoms with Gasteiger partial charge in [0.15, 0.2) is 0 Å². The summed E-state index contributed by atoms with van der Waals surface area (Å²) < 4.78 is 0. The highest BCUT2D eigenvalue weighted by Gasteiger charge is 2.39. The van der Waals surface area contributed by atoms with E-state index < -0.39 is 53.7 Å². The number of nitrogens with zero attached hydrogens (tertiary/aromatic N) is 2. The molecule has 6 amide bonds. The number of amides is 6. The number of pyridine rings is 1. The van der Waals surface area contributed by atoms with Gasteiger partial charge in [-0.2, -0.15) is 0 Å². The van der Waals surface area contributed by atoms with Crippen LogP contribution in [0.1, 0.15) is 52.7 Å². The fourth-order valence-electron chi connectivity index (χ4n) is 6.68. The molecular formula is C42H49N9O7. The number of likely N-dealkylation sites (tertiary alicyclic amines) is 1. The molecule has 1 aromatic heterocycles. The Morgan fingerprint density at radius 3 is 1.98 bits per heavy atom. The highest BCUT2D eigenvalue weighted by molar-refractivity contribution is 5.96. The van der Waals surface area contributed by atoms with E-state index >= 15 is 0 Å². The molecule has 0 aliphatic carbocycles. The summed E-state index contributed by atoms with van der Waals surface area (Å²) in [5, 5.41) is 20.9. The van der Waals surface area contributed by atoms with E-state index in [1.807, 2.05) is 60.7 Å². The number of anilines is 1. The molecule has 10 N–H and O–H groups in total. The summed E-state index contributed by atoms with van der Waals surface area (Å²) in [5.41, 5.74) is 10.6. The van der Waals surface area contributed by atoms with Crippen molar-refractivity contribution in [3.8, 4) is 5.75 Å². The molecular weight excluding hydrogens is 743 g/mol. The predicted molar refractivity (Wildman–Crippen MR) is 215 cm³/mol. The number of carbonyl (C=O) groups is 6. The molecule has 4 atom stereocenters. The minimum atomic E-state index is -1.11. The predicted octanol–water partition coefficient (Wildman–Crippen LogP) is 1.24. The summed E-state index contributed by atoms with van der Waals surface area (Å²) in [6.45, 7) is 0.413. The van der Waals surface area contributed by atoms with E-state index in [1.165, 1.54) is 23.2 Å². The quantitative estimate of drug-likeness (QED) is 0.0383. The van der Waals surface area contributed by atoms with Crippen LogP contribution in [-0.2, 0) is 43.2 Å². The zero-order valence-corrected chi connectivity index (χ0v) is 31.9. The van der Waals surface area contributed by atoms with Crippen molar-refractivity contribution in [3.05, 3.63) is 126 Å². The first-order chi connectivity index (χ1) is 28.0. The van der Waals surface area contributed by atoms with E-state index in [9.17, 15) is 33.9 Å². The van der Waals surface area contributed by atoms with E-state index in [2.05, 4.69) is 31.7 Å². The maximum Gasteiger partial charge on any atom is 0.252 e. The Morgan fingerprint density at radius 2 is 1.38 bits per heavy atom. The number of nitrogen functional groups attached to an aromatic ring is 1. The SMILES string of the molecule is NNc1ccc(C(=O)NCCCC(=O)N[C@@H](Cc2ccc(O)cc2)C(=O)N2CCC[C@H]2C(=O)N[C@@H](Cc2ccccc2)C(=O)N[C@@H](Cc2ccccc2)C(N)=O)cn1. The summed E-state index contributed by atoms with van der Waals surface area (Å²) in [6.07, 6.45) is 2.78. The number of carbonyl (C=O) groups excluding carboxylic acids is 6. The second kappa shape index (κ2) is 20.9. The highest BCUT2D eigenvalue weighted by atomic mass is 16.3. The molecule has 1 saturated heterocycles. The Bertz CT molecular complexity index is 2020. The lowest BCUT2D eigenvalue weighted by Gasteiger charge is -2.30. The molecule has 1 aliphatic rings. The minimum Gasteiger partial charge on any atom is -0.508 e. The van der Waals surface area contributed by atoms with Gasteiger partial charge in [-0.1, -0.05) is 72.8 Å². The first-order valence-electron chi connectivity index (χ1n) is 19.1. The fraction of sp³-hybridized carbons (Fsp3) is 0.310. The van der Waals surface area contributed by atoms with Crippen LogP contribution in [0.2, 0.25) is 0 Å². The molecule has 16 heteroatoms. The Hall–Kier alpha value is -6.81. The fourth-order valence-corrected chi connectivity index (χ4v) is 6.68. The van der Waals surface area contributed by atoms with Crippen molar-refractivity contribution in [1.29, 1.82) is 0 Å². The van der Waals surface area contributed by atoms with E-state index in [0.29, 0.717) is 29.8 Å². The third kappa shape index (κ3) is 12.3. The number of hydrogen-bond donors (Lipinski definition) is 8. The number of nitrogens with two attached hydrogens (primary N) is 2. The average Bonchev–Trinajstić information content (AvgIpc) is 3.73. The summed E-state index contributed by atoms with van der Waals surface area (Å²) in [7, 11) is 0. The largest absolute Gasteiger partial charge is 0.508 e. The Kier molecular flexibility index (Phi) is 15.3. The van der Waals surface area contributed by atoms with E-state index in [0.717, 1.165) is 11.1 Å². The average molecular weight is 792 g/mol. The number of nitrogens with one attached hydrogen (secondary N) is 5. The van der Waals surface area contributed by atoms with Gasteiger partial charge in [0.1, 0.15) is 35.7 Å². The second-order valence-corrected chi connectivity index (χ2v) is 14.0. The van der Waals surface area contributed by atoms with Gasteiger partial charge in [-0.15, -0.1) is 0 Å². The monoisotopic (exact) mass is 791 g/mol. The van der Waals surface area contributed by atoms with Crippen LogP contribution >= 0.6 is 0 Å². The van der Waals surface area contributed by atoms with E-state index in [1.54, 1.807) is 24.3 Å². The smallest absolute Gasteiger partial charge is 0.252 e. The van der Waals surface area contributed by atoms with Gasteiger partial charge in [-0.25, -0.2) is 10.8 Å². The lowest BCUT2D eigenvalue weighted by molar-refractivity contribution is -0.142. The normalized spacial score (nSPS) is 15.0. The van der Waals surface area contributed by atoms with Gasteiger partial charge in [0.25, 0.3) is 5.91 Å². The molecule has 2 heterocycles. The molecule has 58 heavy (non-hydrogen) atoms. The van der Waals surface area contributed by atoms with Crippen molar-refractivity contribution in [2.24, 2.45) is 11.6 Å². The number of phenolic OH excluding ortho intramolecular Hbond substituents is 1. The van der Waals surface area contributed by atoms with Gasteiger partial charge in [0.05, 0.1) is 5.56 Å². The van der Waals surface area contributed by atoms with E-state index in [4.69, 9.17) is 11.6 Å². The molecule has 0 unspecified atom stereocenters. The summed E-state index contributed by atoms with van der Waals surface area (Å²) in [5.74, 6) is 2.55. The van der Waals surface area contributed by atoms with Gasteiger partial charge >= 0.3 is 0 Å². The van der Waals surface area contributed by atoms with Crippen molar-refractivity contribution >= 4 is 41.3 Å². The van der Waals surface area contributed by atoms with Crippen molar-refractivity contribution in [2.45, 2.75) is 69.1 Å². The number of phenols is 1. The number of aromatic hydroxyl groups is 1. The molecule has 1 fully saturated rings. The van der Waals surface area contributed by atoms with Gasteiger partial charge in [0.2, 0.25) is 29.5 Å². The maximum atomic E-state index is 14.3. The number of aromatic nitrogens is 1. The number of primary amides is 1. The summed E-state index contributed by atoms with van der Waals surface area (Å²) >= 11 is 0. The molecule has 0 radical (unpaired) electrons. The zero-order chi connectivity index (χ0) is 41.4. The Balaban J connectivity index is 1.26. The van der Waals surface area contributed by atoms with Crippen LogP contribution in [0.3, 0.4) is 0 Å². The first-order valence-corrected chi connectivity index (χ1v) is 19.1. The molecule has 4 aromatic rings. The van der Waals surface area contributed by atoms with E-state index in [-0.39, 0.29) is 56.9 Å². The zero-order valence-electron chi connectivity index (χ0n) is 31.9. The lowest BCUT2D eigenvalue weighted by atomic mass is 10.0. The third-order valence-electron chi connectivity index (χ3n) is 9.75. The van der Waals surface area contributed by atoms with Crippen LogP contribution in [0, 0.1) is 0 Å². The van der Waals surface area contributed by atoms with Gasteiger partial charge in [0, 0.05) is 45.0 Å². The molecule has 0 saturated carbocycles. The molecule has 5 rings (SSSR count). The van der Waals surface area contributed by atoms with Crippen LogP contribution in [-0.4, -0.2) is 87.7 Å². The van der Waals surface area contributed by atoms with Crippen LogP contribution in [0.5, 0.6) is 5.75 Å². The van der Waals surface area contributed by atoms with Crippen molar-refractivity contribution in [3.63, 3.8) is 0 Å². The van der Waals surface area contributed by atoms with Crippen LogP contribution in [0.25, 0.3) is 0 Å².